The maximum absolute atomic E-state index is 11.2. The highest BCUT2D eigenvalue weighted by Gasteiger charge is 2.37. The molecule has 0 aliphatic carbocycles. The van der Waals surface area contributed by atoms with Crippen LogP contribution >= 0.6 is 0 Å². The van der Waals surface area contributed by atoms with Crippen molar-refractivity contribution in [3.63, 3.8) is 0 Å². The van der Waals surface area contributed by atoms with E-state index in [-0.39, 0.29) is 23.2 Å². The zero-order valence-electron chi connectivity index (χ0n) is 27.5. The Kier molecular flexibility index (Phi) is 14.0. The van der Waals surface area contributed by atoms with E-state index in [1.165, 1.54) is 0 Å². The van der Waals surface area contributed by atoms with Gasteiger partial charge >= 0.3 is 0 Å². The van der Waals surface area contributed by atoms with Gasteiger partial charge < -0.3 is 28.5 Å². The first-order valence-electron chi connectivity index (χ1n) is 14.8. The molecule has 7 heteroatoms. The molecule has 4 atom stereocenters. The molecule has 6 nitrogen and oxygen atoms in total. The molecule has 1 N–H and O–H groups in total. The van der Waals surface area contributed by atoms with Crippen molar-refractivity contribution in [1.29, 1.82) is 0 Å². The van der Waals surface area contributed by atoms with E-state index in [4.69, 9.17) is 23.4 Å². The normalized spacial score (nSPS) is 15.5. The van der Waals surface area contributed by atoms with Gasteiger partial charge in [-0.2, -0.15) is 0 Å². The predicted molar refractivity (Wildman–Crippen MR) is 175 cm³/mol. The smallest absolute Gasteiger partial charge is 0.192 e. The molecule has 0 fully saturated rings. The third-order valence-corrected chi connectivity index (χ3v) is 12.7. The van der Waals surface area contributed by atoms with Crippen molar-refractivity contribution >= 4 is 8.32 Å². The minimum atomic E-state index is -1.96. The first kappa shape index (κ1) is 35.8. The molecule has 0 bridgehead atoms. The maximum atomic E-state index is 11.2. The summed E-state index contributed by atoms with van der Waals surface area (Å²) in [5, 5.41) is 11.3. The van der Waals surface area contributed by atoms with E-state index in [0.717, 1.165) is 33.8 Å². The first-order valence-corrected chi connectivity index (χ1v) is 17.7. The fourth-order valence-electron chi connectivity index (χ4n) is 4.32. The molecule has 0 spiro atoms. The summed E-state index contributed by atoms with van der Waals surface area (Å²) in [7, 11) is 1.36. The molecule has 0 heterocycles. The third kappa shape index (κ3) is 11.3. The van der Waals surface area contributed by atoms with Crippen LogP contribution in [0, 0.1) is 5.92 Å². The van der Waals surface area contributed by atoms with E-state index in [9.17, 15) is 5.11 Å². The summed E-state index contributed by atoms with van der Waals surface area (Å²) < 4.78 is 29.7. The summed E-state index contributed by atoms with van der Waals surface area (Å²) in [6, 6.07) is 15.7. The molecule has 0 aliphatic rings. The zero-order valence-corrected chi connectivity index (χ0v) is 28.5. The SMILES string of the molecule is C=C(C)[C@@H](OCc1ccc(OC)cc1)[C@H](C)[C@@H](O)/C=C(\C)C[C@H](CO[Si](C)(C)C(C)(C)C)OCc1ccc(OC)cc1. The molecule has 42 heavy (non-hydrogen) atoms. The van der Waals surface area contributed by atoms with Crippen molar-refractivity contribution in [1.82, 2.24) is 0 Å². The Morgan fingerprint density at radius 1 is 0.881 bits per heavy atom. The molecule has 0 amide bonds. The van der Waals surface area contributed by atoms with Crippen LogP contribution in [-0.2, 0) is 27.1 Å². The van der Waals surface area contributed by atoms with E-state index >= 15 is 0 Å². The molecule has 0 saturated carbocycles. The number of aliphatic hydroxyl groups excluding tert-OH is 1. The number of aliphatic hydroxyl groups is 1. The molecule has 2 aromatic carbocycles. The Morgan fingerprint density at radius 2 is 1.36 bits per heavy atom. The van der Waals surface area contributed by atoms with Crippen molar-refractivity contribution < 1.29 is 28.5 Å². The zero-order chi connectivity index (χ0) is 31.5. The van der Waals surface area contributed by atoms with Gasteiger partial charge in [-0.25, -0.2) is 0 Å². The van der Waals surface area contributed by atoms with Crippen LogP contribution in [0.15, 0.2) is 72.3 Å². The van der Waals surface area contributed by atoms with Gasteiger partial charge in [-0.3, -0.25) is 0 Å². The van der Waals surface area contributed by atoms with E-state index in [0.29, 0.717) is 26.2 Å². The predicted octanol–water partition coefficient (Wildman–Crippen LogP) is 8.11. The topological polar surface area (TPSA) is 66.4 Å². The lowest BCUT2D eigenvalue weighted by atomic mass is 9.91. The van der Waals surface area contributed by atoms with Crippen LogP contribution in [0.25, 0.3) is 0 Å². The number of rotatable bonds is 17. The number of benzene rings is 2. The average Bonchev–Trinajstić information content (AvgIpc) is 2.94. The van der Waals surface area contributed by atoms with E-state index in [2.05, 4.69) is 40.4 Å². The molecular formula is C35H54O6Si. The van der Waals surface area contributed by atoms with Crippen LogP contribution in [0.5, 0.6) is 11.5 Å². The quantitative estimate of drug-likeness (QED) is 0.147. The van der Waals surface area contributed by atoms with Crippen LogP contribution in [-0.4, -0.2) is 52.6 Å². The van der Waals surface area contributed by atoms with E-state index in [1.54, 1.807) is 14.2 Å². The third-order valence-electron chi connectivity index (χ3n) is 8.18. The van der Waals surface area contributed by atoms with Crippen molar-refractivity contribution in [2.75, 3.05) is 20.8 Å². The average molecular weight is 599 g/mol. The Morgan fingerprint density at radius 3 is 1.79 bits per heavy atom. The second-order valence-electron chi connectivity index (χ2n) is 12.8. The fraction of sp³-hybridized carbons (Fsp3) is 0.543. The maximum Gasteiger partial charge on any atom is 0.192 e. The van der Waals surface area contributed by atoms with Crippen LogP contribution in [0.2, 0.25) is 18.1 Å². The van der Waals surface area contributed by atoms with Gasteiger partial charge in [0.1, 0.15) is 11.5 Å². The number of methoxy groups -OCH3 is 2. The lowest BCUT2D eigenvalue weighted by molar-refractivity contribution is -0.00589. The summed E-state index contributed by atoms with van der Waals surface area (Å²) in [4.78, 5) is 0. The summed E-state index contributed by atoms with van der Waals surface area (Å²) in [6.45, 7) is 22.8. The highest BCUT2D eigenvalue weighted by atomic mass is 28.4. The molecule has 0 aromatic heterocycles. The Bertz CT molecular complexity index is 1120. The Balaban J connectivity index is 2.10. The number of hydrogen-bond donors (Lipinski definition) is 1. The summed E-state index contributed by atoms with van der Waals surface area (Å²) in [5.41, 5.74) is 4.03. The second-order valence-corrected chi connectivity index (χ2v) is 17.7. The van der Waals surface area contributed by atoms with Gasteiger partial charge in [0, 0.05) is 5.92 Å². The molecule has 2 rings (SSSR count). The molecule has 2 aromatic rings. The van der Waals surface area contributed by atoms with Crippen LogP contribution in [0.3, 0.4) is 0 Å². The minimum Gasteiger partial charge on any atom is -0.497 e. The lowest BCUT2D eigenvalue weighted by Gasteiger charge is -2.37. The molecule has 234 valence electrons. The highest BCUT2D eigenvalue weighted by molar-refractivity contribution is 6.74. The van der Waals surface area contributed by atoms with Gasteiger partial charge in [0.05, 0.1) is 52.4 Å². The monoisotopic (exact) mass is 598 g/mol. The van der Waals surface area contributed by atoms with Gasteiger partial charge in [-0.15, -0.1) is 0 Å². The number of ether oxygens (including phenoxy) is 4. The van der Waals surface area contributed by atoms with Crippen molar-refractivity contribution in [3.8, 4) is 11.5 Å². The highest BCUT2D eigenvalue weighted by Crippen LogP contribution is 2.37. The standard InChI is InChI=1S/C35H54O6Si/c1-25(2)34(40-23-29-14-18-31(38-9)19-15-29)27(4)33(36)21-26(3)20-32(24-41-42(10,11)35(5,6)7)39-22-28-12-16-30(37-8)17-13-28/h12-19,21,27,32-34,36H,1,20,22-24H2,2-11H3/b26-21+/t27-,32-,33+,34-/m1/s1. The van der Waals surface area contributed by atoms with Crippen LogP contribution < -0.4 is 9.47 Å². The number of hydrogen-bond acceptors (Lipinski definition) is 6. The Hall–Kier alpha value is -2.42. The second kappa shape index (κ2) is 16.4. The van der Waals surface area contributed by atoms with E-state index in [1.807, 2.05) is 75.4 Å². The summed E-state index contributed by atoms with van der Waals surface area (Å²) in [5.74, 6) is 1.44. The summed E-state index contributed by atoms with van der Waals surface area (Å²) >= 11 is 0. The van der Waals surface area contributed by atoms with Gasteiger partial charge in [-0.1, -0.05) is 75.8 Å². The van der Waals surface area contributed by atoms with Crippen molar-refractivity contribution in [2.24, 2.45) is 5.92 Å². The van der Waals surface area contributed by atoms with E-state index < -0.39 is 14.4 Å². The van der Waals surface area contributed by atoms with Crippen LogP contribution in [0.4, 0.5) is 0 Å². The summed E-state index contributed by atoms with van der Waals surface area (Å²) in [6.07, 6.45) is 1.43. The Labute approximate surface area is 255 Å². The molecule has 0 radical (unpaired) electrons. The van der Waals surface area contributed by atoms with Gasteiger partial charge in [0.2, 0.25) is 0 Å². The van der Waals surface area contributed by atoms with Gasteiger partial charge in [0.25, 0.3) is 0 Å². The van der Waals surface area contributed by atoms with Crippen LogP contribution in [0.1, 0.15) is 59.1 Å². The van der Waals surface area contributed by atoms with Gasteiger partial charge in [-0.05, 0) is 73.8 Å². The first-order chi connectivity index (χ1) is 19.7. The largest absolute Gasteiger partial charge is 0.497 e. The molecule has 0 aliphatic heterocycles. The lowest BCUT2D eigenvalue weighted by Crippen LogP contribution is -2.43. The fourth-order valence-corrected chi connectivity index (χ4v) is 5.36. The molecule has 0 unspecified atom stereocenters. The van der Waals surface area contributed by atoms with Crippen molar-refractivity contribution in [2.45, 2.75) is 97.6 Å². The molecular weight excluding hydrogens is 544 g/mol. The molecule has 0 saturated heterocycles. The van der Waals surface area contributed by atoms with Gasteiger partial charge in [0.15, 0.2) is 8.32 Å². The van der Waals surface area contributed by atoms with Crippen molar-refractivity contribution in [3.05, 3.63) is 83.5 Å². The minimum absolute atomic E-state index is 0.105.